The largest absolute Gasteiger partial charge is 0.378 e. The second-order valence-electron chi connectivity index (χ2n) is 6.39. The Morgan fingerprint density at radius 2 is 1.65 bits per heavy atom. The van der Waals surface area contributed by atoms with Crippen LogP contribution in [0.4, 0.5) is 17.5 Å². The summed E-state index contributed by atoms with van der Waals surface area (Å²) in [6, 6.07) is 20.5. The third kappa shape index (κ3) is 3.83. The number of nitrogens with one attached hydrogen (secondary N) is 1. The van der Waals surface area contributed by atoms with E-state index in [2.05, 4.69) is 53.5 Å². The number of aromatic nitrogens is 2. The normalized spacial score (nSPS) is 14.3. The molecule has 2 heterocycles. The second-order valence-corrected chi connectivity index (χ2v) is 6.39. The van der Waals surface area contributed by atoms with Crippen LogP contribution in [0.15, 0.2) is 60.7 Å². The van der Waals surface area contributed by atoms with Gasteiger partial charge in [-0.1, -0.05) is 48.0 Å². The Morgan fingerprint density at radius 3 is 2.38 bits per heavy atom. The van der Waals surface area contributed by atoms with Crippen LogP contribution in [0.1, 0.15) is 5.56 Å². The van der Waals surface area contributed by atoms with E-state index in [9.17, 15) is 0 Å². The number of hydrogen-bond donors (Lipinski definition) is 1. The molecule has 0 aliphatic carbocycles. The van der Waals surface area contributed by atoms with Crippen LogP contribution in [0.2, 0.25) is 0 Å². The SMILES string of the molecule is Cc1ccc(Nc2cc(-c3ccccc3)nc(N3CCOCC3)n2)cc1. The smallest absolute Gasteiger partial charge is 0.228 e. The molecule has 0 atom stereocenters. The Hall–Kier alpha value is -2.92. The van der Waals surface area contributed by atoms with Gasteiger partial charge in [0.1, 0.15) is 5.82 Å². The van der Waals surface area contributed by atoms with Gasteiger partial charge in [-0.05, 0) is 19.1 Å². The molecule has 0 spiro atoms. The van der Waals surface area contributed by atoms with Crippen molar-refractivity contribution >= 4 is 17.5 Å². The summed E-state index contributed by atoms with van der Waals surface area (Å²) in [6.07, 6.45) is 0. The average molecular weight is 346 g/mol. The minimum absolute atomic E-state index is 0.708. The molecule has 0 radical (unpaired) electrons. The van der Waals surface area contributed by atoms with Crippen LogP contribution >= 0.6 is 0 Å². The van der Waals surface area contributed by atoms with Crippen LogP contribution in [0.5, 0.6) is 0 Å². The lowest BCUT2D eigenvalue weighted by atomic mass is 10.1. The molecule has 1 N–H and O–H groups in total. The Morgan fingerprint density at radius 1 is 0.923 bits per heavy atom. The van der Waals surface area contributed by atoms with Gasteiger partial charge in [0, 0.05) is 30.4 Å². The molecule has 132 valence electrons. The summed E-state index contributed by atoms with van der Waals surface area (Å²) in [4.78, 5) is 11.7. The third-order valence-corrected chi connectivity index (χ3v) is 4.40. The van der Waals surface area contributed by atoms with Gasteiger partial charge in [-0.15, -0.1) is 0 Å². The molecule has 1 aromatic heterocycles. The topological polar surface area (TPSA) is 50.3 Å². The first-order valence-corrected chi connectivity index (χ1v) is 8.89. The Balaban J connectivity index is 1.70. The van der Waals surface area contributed by atoms with Crippen LogP contribution in [-0.4, -0.2) is 36.3 Å². The minimum Gasteiger partial charge on any atom is -0.378 e. The highest BCUT2D eigenvalue weighted by Crippen LogP contribution is 2.25. The molecule has 4 rings (SSSR count). The summed E-state index contributed by atoms with van der Waals surface area (Å²) in [6.45, 7) is 5.11. The van der Waals surface area contributed by atoms with Crippen molar-refractivity contribution < 1.29 is 4.74 Å². The van der Waals surface area contributed by atoms with Crippen LogP contribution in [0.25, 0.3) is 11.3 Å². The lowest BCUT2D eigenvalue weighted by molar-refractivity contribution is 0.122. The number of ether oxygens (including phenoxy) is 1. The van der Waals surface area contributed by atoms with E-state index in [1.165, 1.54) is 5.56 Å². The molecule has 26 heavy (non-hydrogen) atoms. The van der Waals surface area contributed by atoms with Crippen molar-refractivity contribution in [3.05, 3.63) is 66.2 Å². The average Bonchev–Trinajstić information content (AvgIpc) is 2.71. The Labute approximate surface area is 153 Å². The maximum absolute atomic E-state index is 5.46. The highest BCUT2D eigenvalue weighted by atomic mass is 16.5. The molecule has 1 fully saturated rings. The molecular weight excluding hydrogens is 324 g/mol. The first kappa shape index (κ1) is 16.5. The van der Waals surface area contributed by atoms with Crippen molar-refractivity contribution in [3.63, 3.8) is 0 Å². The van der Waals surface area contributed by atoms with E-state index >= 15 is 0 Å². The first-order valence-electron chi connectivity index (χ1n) is 8.89. The molecule has 0 bridgehead atoms. The van der Waals surface area contributed by atoms with E-state index in [-0.39, 0.29) is 0 Å². The summed E-state index contributed by atoms with van der Waals surface area (Å²) >= 11 is 0. The second kappa shape index (κ2) is 7.54. The van der Waals surface area contributed by atoms with E-state index in [0.29, 0.717) is 13.2 Å². The van der Waals surface area contributed by atoms with E-state index in [1.807, 2.05) is 24.3 Å². The lowest BCUT2D eigenvalue weighted by Gasteiger charge is -2.27. The Bertz CT molecular complexity index is 859. The van der Waals surface area contributed by atoms with Crippen LogP contribution < -0.4 is 10.2 Å². The fourth-order valence-electron chi connectivity index (χ4n) is 2.94. The van der Waals surface area contributed by atoms with Crippen molar-refractivity contribution in [2.24, 2.45) is 0 Å². The summed E-state index contributed by atoms with van der Waals surface area (Å²) in [5.41, 5.74) is 4.24. The van der Waals surface area contributed by atoms with Gasteiger partial charge in [0.05, 0.1) is 18.9 Å². The van der Waals surface area contributed by atoms with Gasteiger partial charge in [-0.2, -0.15) is 4.98 Å². The molecule has 1 aliphatic heterocycles. The van der Waals surface area contributed by atoms with Crippen LogP contribution in [0, 0.1) is 6.92 Å². The van der Waals surface area contributed by atoms with Gasteiger partial charge < -0.3 is 15.0 Å². The predicted octanol–water partition coefficient (Wildman–Crippen LogP) is 4.03. The van der Waals surface area contributed by atoms with Crippen LogP contribution in [-0.2, 0) is 4.74 Å². The number of morpholine rings is 1. The standard InChI is InChI=1S/C21H22N4O/c1-16-7-9-18(10-8-16)22-20-15-19(17-5-3-2-4-6-17)23-21(24-20)25-11-13-26-14-12-25/h2-10,15H,11-14H2,1H3,(H,22,23,24). The number of aryl methyl sites for hydroxylation is 1. The molecule has 0 amide bonds. The summed E-state index contributed by atoms with van der Waals surface area (Å²) < 4.78 is 5.46. The molecule has 1 aliphatic rings. The monoisotopic (exact) mass is 346 g/mol. The van der Waals surface area contributed by atoms with Gasteiger partial charge in [0.15, 0.2) is 0 Å². The molecule has 0 saturated carbocycles. The van der Waals surface area contributed by atoms with Crippen LogP contribution in [0.3, 0.4) is 0 Å². The molecule has 5 heteroatoms. The molecule has 1 saturated heterocycles. The van der Waals surface area contributed by atoms with E-state index in [4.69, 9.17) is 14.7 Å². The summed E-state index contributed by atoms with van der Waals surface area (Å²) in [7, 11) is 0. The maximum Gasteiger partial charge on any atom is 0.228 e. The molecular formula is C21H22N4O. The number of anilines is 3. The number of hydrogen-bond acceptors (Lipinski definition) is 5. The predicted molar refractivity (Wildman–Crippen MR) is 105 cm³/mol. The third-order valence-electron chi connectivity index (χ3n) is 4.40. The molecule has 0 unspecified atom stereocenters. The first-order chi connectivity index (χ1) is 12.8. The van der Waals surface area contributed by atoms with E-state index in [0.717, 1.165) is 41.8 Å². The lowest BCUT2D eigenvalue weighted by Crippen LogP contribution is -2.37. The summed E-state index contributed by atoms with van der Waals surface area (Å²) in [5, 5.41) is 3.41. The molecule has 3 aromatic rings. The van der Waals surface area contributed by atoms with Gasteiger partial charge in [0.25, 0.3) is 0 Å². The molecule has 5 nitrogen and oxygen atoms in total. The van der Waals surface area contributed by atoms with Crippen molar-refractivity contribution in [1.29, 1.82) is 0 Å². The summed E-state index contributed by atoms with van der Waals surface area (Å²) in [5.74, 6) is 1.54. The van der Waals surface area contributed by atoms with E-state index < -0.39 is 0 Å². The van der Waals surface area contributed by atoms with Gasteiger partial charge in [-0.25, -0.2) is 4.98 Å². The minimum atomic E-state index is 0.708. The van der Waals surface area contributed by atoms with Gasteiger partial charge in [-0.3, -0.25) is 0 Å². The molecule has 2 aromatic carbocycles. The van der Waals surface area contributed by atoms with E-state index in [1.54, 1.807) is 0 Å². The zero-order valence-corrected chi connectivity index (χ0v) is 14.9. The van der Waals surface area contributed by atoms with Crippen molar-refractivity contribution in [2.75, 3.05) is 36.5 Å². The zero-order valence-electron chi connectivity index (χ0n) is 14.9. The fourth-order valence-corrected chi connectivity index (χ4v) is 2.94. The van der Waals surface area contributed by atoms with Gasteiger partial charge >= 0.3 is 0 Å². The number of benzene rings is 2. The highest BCUT2D eigenvalue weighted by Gasteiger charge is 2.16. The maximum atomic E-state index is 5.46. The van der Waals surface area contributed by atoms with Crippen molar-refractivity contribution in [2.45, 2.75) is 6.92 Å². The highest BCUT2D eigenvalue weighted by molar-refractivity contribution is 5.67. The van der Waals surface area contributed by atoms with Gasteiger partial charge in [0.2, 0.25) is 5.95 Å². The van der Waals surface area contributed by atoms with Crippen molar-refractivity contribution in [3.8, 4) is 11.3 Å². The van der Waals surface area contributed by atoms with Crippen molar-refractivity contribution in [1.82, 2.24) is 9.97 Å². The Kier molecular flexibility index (Phi) is 4.80. The zero-order chi connectivity index (χ0) is 17.8. The number of rotatable bonds is 4. The fraction of sp³-hybridized carbons (Fsp3) is 0.238. The number of nitrogens with zero attached hydrogens (tertiary/aromatic N) is 3. The quantitative estimate of drug-likeness (QED) is 0.773.